The van der Waals surface area contributed by atoms with Crippen LogP contribution in [0.5, 0.6) is 0 Å². The van der Waals surface area contributed by atoms with E-state index in [4.69, 9.17) is 14.2 Å². The Kier molecular flexibility index (Phi) is 4.96. The average Bonchev–Trinajstić information content (AvgIpc) is 3.19. The van der Waals surface area contributed by atoms with Gasteiger partial charge in [-0.15, -0.1) is 0 Å². The van der Waals surface area contributed by atoms with Crippen LogP contribution in [-0.2, 0) is 19.0 Å². The molecule has 0 spiro atoms. The quantitative estimate of drug-likeness (QED) is 0.894. The second-order valence-corrected chi connectivity index (χ2v) is 6.39. The number of rotatable bonds is 4. The second-order valence-electron chi connectivity index (χ2n) is 6.39. The number of nitrogens with zero attached hydrogens (tertiary/aromatic N) is 2. The van der Waals surface area contributed by atoms with Crippen LogP contribution in [0.15, 0.2) is 30.6 Å². The molecule has 2 atom stereocenters. The monoisotopic (exact) mass is 361 g/mol. The van der Waals surface area contributed by atoms with Gasteiger partial charge in [-0.05, 0) is 11.6 Å². The van der Waals surface area contributed by atoms with Crippen molar-refractivity contribution < 1.29 is 23.4 Å². The number of aromatic nitrogens is 2. The molecule has 2 aliphatic heterocycles. The Morgan fingerprint density at radius 3 is 2.88 bits per heavy atom. The van der Waals surface area contributed by atoms with Gasteiger partial charge in [0.2, 0.25) is 5.91 Å². The lowest BCUT2D eigenvalue weighted by Crippen LogP contribution is -2.48. The summed E-state index contributed by atoms with van der Waals surface area (Å²) in [5, 5.41) is 6.59. The normalized spacial score (nSPS) is 24.0. The lowest BCUT2D eigenvalue weighted by Gasteiger charge is -2.34. The summed E-state index contributed by atoms with van der Waals surface area (Å²) < 4.78 is 31.3. The minimum absolute atomic E-state index is 0.0390. The van der Waals surface area contributed by atoms with Gasteiger partial charge < -0.3 is 19.1 Å². The van der Waals surface area contributed by atoms with Crippen molar-refractivity contribution in [3.63, 3.8) is 0 Å². The lowest BCUT2D eigenvalue weighted by molar-refractivity contribution is -0.159. The summed E-state index contributed by atoms with van der Waals surface area (Å²) in [6.07, 6.45) is 2.70. The summed E-state index contributed by atoms with van der Waals surface area (Å²) in [6, 6.07) is 5.03. The number of carbonyl (C=O) groups excluding carboxylic acids is 1. The number of aromatic amines is 1. The van der Waals surface area contributed by atoms with Gasteiger partial charge in [0.1, 0.15) is 18.5 Å². The van der Waals surface area contributed by atoms with Gasteiger partial charge in [0.25, 0.3) is 0 Å². The number of hydrogen-bond donors (Lipinski definition) is 1. The molecule has 0 radical (unpaired) electrons. The van der Waals surface area contributed by atoms with Crippen molar-refractivity contribution in [3.05, 3.63) is 42.0 Å². The fourth-order valence-corrected chi connectivity index (χ4v) is 3.19. The van der Waals surface area contributed by atoms with E-state index in [1.165, 1.54) is 6.07 Å². The molecule has 1 N–H and O–H groups in total. The van der Waals surface area contributed by atoms with E-state index in [1.807, 2.05) is 6.07 Å². The van der Waals surface area contributed by atoms with E-state index in [1.54, 1.807) is 23.4 Å². The summed E-state index contributed by atoms with van der Waals surface area (Å²) >= 11 is 0. The van der Waals surface area contributed by atoms with Gasteiger partial charge in [-0.3, -0.25) is 9.89 Å². The third-order valence-corrected chi connectivity index (χ3v) is 4.65. The standard InChI is InChI=1S/C18H20FN3O4/c19-16-5-12(13-6-20-21-7-13)1-2-15(16)17-10-25-14(9-26-17)8-22-3-4-24-11-18(22)23/h1-2,5-7,14,17H,3-4,8-11H2,(H,20,21). The van der Waals surface area contributed by atoms with E-state index in [0.29, 0.717) is 31.9 Å². The zero-order chi connectivity index (χ0) is 17.9. The smallest absolute Gasteiger partial charge is 0.248 e. The maximum atomic E-state index is 14.5. The van der Waals surface area contributed by atoms with Crippen molar-refractivity contribution in [2.45, 2.75) is 12.2 Å². The molecule has 0 bridgehead atoms. The number of morpholine rings is 1. The molecular weight excluding hydrogens is 341 g/mol. The third kappa shape index (κ3) is 3.62. The molecule has 8 heteroatoms. The van der Waals surface area contributed by atoms with Gasteiger partial charge >= 0.3 is 0 Å². The molecule has 2 unspecified atom stereocenters. The summed E-state index contributed by atoms with van der Waals surface area (Å²) in [6.45, 7) is 2.26. The van der Waals surface area contributed by atoms with E-state index >= 15 is 0 Å². The Balaban J connectivity index is 1.36. The average molecular weight is 361 g/mol. The number of hydrogen-bond acceptors (Lipinski definition) is 5. The van der Waals surface area contributed by atoms with Crippen LogP contribution in [0.3, 0.4) is 0 Å². The van der Waals surface area contributed by atoms with Crippen LogP contribution in [0, 0.1) is 5.82 Å². The van der Waals surface area contributed by atoms with Crippen molar-refractivity contribution in [2.75, 3.05) is 39.5 Å². The third-order valence-electron chi connectivity index (χ3n) is 4.65. The molecular formula is C18H20FN3O4. The lowest BCUT2D eigenvalue weighted by atomic mass is 10.0. The van der Waals surface area contributed by atoms with E-state index in [9.17, 15) is 9.18 Å². The molecule has 2 fully saturated rings. The largest absolute Gasteiger partial charge is 0.371 e. The Morgan fingerprint density at radius 2 is 2.19 bits per heavy atom. The molecule has 1 amide bonds. The minimum atomic E-state index is -0.454. The SMILES string of the molecule is O=C1COCCN1CC1COC(c2ccc(-c3cn[nH]c3)cc2F)CO1. The number of halogens is 1. The van der Waals surface area contributed by atoms with E-state index in [-0.39, 0.29) is 31.0 Å². The van der Waals surface area contributed by atoms with Gasteiger partial charge in [0.15, 0.2) is 0 Å². The summed E-state index contributed by atoms with van der Waals surface area (Å²) in [5.41, 5.74) is 2.05. The molecule has 2 aliphatic rings. The minimum Gasteiger partial charge on any atom is -0.371 e. The van der Waals surface area contributed by atoms with Crippen LogP contribution < -0.4 is 0 Å². The number of benzene rings is 1. The second kappa shape index (κ2) is 7.53. The van der Waals surface area contributed by atoms with Crippen LogP contribution in [0.4, 0.5) is 4.39 Å². The van der Waals surface area contributed by atoms with E-state index < -0.39 is 6.10 Å². The van der Waals surface area contributed by atoms with Gasteiger partial charge in [0.05, 0.1) is 32.1 Å². The number of H-pyrrole nitrogens is 1. The predicted octanol–water partition coefficient (Wildman–Crippen LogP) is 1.53. The molecule has 138 valence electrons. The Morgan fingerprint density at radius 1 is 1.27 bits per heavy atom. The molecule has 0 saturated carbocycles. The fourth-order valence-electron chi connectivity index (χ4n) is 3.19. The van der Waals surface area contributed by atoms with Gasteiger partial charge in [0, 0.05) is 30.4 Å². The van der Waals surface area contributed by atoms with Crippen LogP contribution in [0.1, 0.15) is 11.7 Å². The maximum absolute atomic E-state index is 14.5. The highest BCUT2D eigenvalue weighted by Gasteiger charge is 2.29. The first-order valence-electron chi connectivity index (χ1n) is 8.58. The Bertz CT molecular complexity index is 760. The Hall–Kier alpha value is -2.29. The molecule has 1 aromatic heterocycles. The summed E-state index contributed by atoms with van der Waals surface area (Å²) in [7, 11) is 0. The van der Waals surface area contributed by atoms with Gasteiger partial charge in [-0.2, -0.15) is 5.10 Å². The number of carbonyl (C=O) groups is 1. The van der Waals surface area contributed by atoms with E-state index in [2.05, 4.69) is 10.2 Å². The van der Waals surface area contributed by atoms with E-state index in [0.717, 1.165) is 11.1 Å². The number of nitrogens with one attached hydrogen (secondary N) is 1. The molecule has 7 nitrogen and oxygen atoms in total. The summed E-state index contributed by atoms with van der Waals surface area (Å²) in [4.78, 5) is 13.5. The van der Waals surface area contributed by atoms with Crippen molar-refractivity contribution in [3.8, 4) is 11.1 Å². The van der Waals surface area contributed by atoms with Crippen LogP contribution >= 0.6 is 0 Å². The summed E-state index contributed by atoms with van der Waals surface area (Å²) in [5.74, 6) is -0.373. The Labute approximate surface area is 150 Å². The fraction of sp³-hybridized carbons (Fsp3) is 0.444. The van der Waals surface area contributed by atoms with Crippen LogP contribution in [0.2, 0.25) is 0 Å². The maximum Gasteiger partial charge on any atom is 0.248 e. The van der Waals surface area contributed by atoms with Gasteiger partial charge in [-0.1, -0.05) is 12.1 Å². The molecule has 26 heavy (non-hydrogen) atoms. The zero-order valence-electron chi connectivity index (χ0n) is 14.2. The molecule has 4 rings (SSSR count). The van der Waals surface area contributed by atoms with Crippen LogP contribution in [0.25, 0.3) is 11.1 Å². The highest BCUT2D eigenvalue weighted by atomic mass is 19.1. The van der Waals surface area contributed by atoms with Crippen molar-refractivity contribution in [1.29, 1.82) is 0 Å². The van der Waals surface area contributed by atoms with Crippen molar-refractivity contribution in [1.82, 2.24) is 15.1 Å². The first-order chi connectivity index (χ1) is 12.7. The van der Waals surface area contributed by atoms with Gasteiger partial charge in [-0.25, -0.2) is 4.39 Å². The highest BCUT2D eigenvalue weighted by molar-refractivity contribution is 5.78. The van der Waals surface area contributed by atoms with Crippen molar-refractivity contribution in [2.24, 2.45) is 0 Å². The first-order valence-corrected chi connectivity index (χ1v) is 8.58. The molecule has 3 heterocycles. The predicted molar refractivity (Wildman–Crippen MR) is 89.8 cm³/mol. The van der Waals surface area contributed by atoms with Crippen LogP contribution in [-0.4, -0.2) is 66.6 Å². The molecule has 0 aliphatic carbocycles. The topological polar surface area (TPSA) is 76.7 Å². The first kappa shape index (κ1) is 17.1. The zero-order valence-corrected chi connectivity index (χ0v) is 14.2. The highest BCUT2D eigenvalue weighted by Crippen LogP contribution is 2.29. The number of amides is 1. The molecule has 2 saturated heterocycles. The molecule has 1 aromatic carbocycles. The number of ether oxygens (including phenoxy) is 3. The molecule has 2 aromatic rings. The van der Waals surface area contributed by atoms with Crippen molar-refractivity contribution >= 4 is 5.91 Å².